The summed E-state index contributed by atoms with van der Waals surface area (Å²) in [5.41, 5.74) is 0. The van der Waals surface area contributed by atoms with Crippen molar-refractivity contribution in [2.24, 2.45) is 0 Å². The third kappa shape index (κ3) is 104. The van der Waals surface area contributed by atoms with Gasteiger partial charge in [0.2, 0.25) is 0 Å². The third-order valence-corrected chi connectivity index (χ3v) is 4.13. The summed E-state index contributed by atoms with van der Waals surface area (Å²) < 4.78 is 0. The molecule has 0 bridgehead atoms. The van der Waals surface area contributed by atoms with Gasteiger partial charge in [0.05, 0.1) is 13.9 Å². The molecule has 0 rings (SSSR count). The molecule has 0 N–H and O–H groups in total. The molecule has 235 valence electrons. The quantitative estimate of drug-likeness (QED) is 0.143. The molecule has 0 aliphatic heterocycles. The molecule has 0 aliphatic rings. The van der Waals surface area contributed by atoms with Gasteiger partial charge in [0.15, 0.2) is 0 Å². The second-order valence-electron chi connectivity index (χ2n) is 6.15. The number of nitrogens with zero attached hydrogens (tertiary/aromatic N) is 2. The molecule has 0 spiro atoms. The normalized spacial score (nSPS) is 7.14. The van der Waals surface area contributed by atoms with E-state index < -0.39 is 0 Å². The van der Waals surface area contributed by atoms with Gasteiger partial charge in [0.1, 0.15) is 0 Å². The number of rotatable bonds is 14. The zero-order valence-electron chi connectivity index (χ0n) is 25.5. The van der Waals surface area contributed by atoms with Gasteiger partial charge in [0.25, 0.3) is 0 Å². The molecule has 0 saturated heterocycles. The van der Waals surface area contributed by atoms with Crippen molar-refractivity contribution < 1.29 is 280 Å². The van der Waals surface area contributed by atoms with Crippen LogP contribution in [0, 0.1) is 25.3 Å². The molecule has 42 heavy (non-hydrogen) atoms. The fourth-order valence-corrected chi connectivity index (χ4v) is 1.94. The van der Waals surface area contributed by atoms with Crippen molar-refractivity contribution in [2.75, 3.05) is 39.3 Å². The Hall–Kier alpha value is 8.82. The van der Waals surface area contributed by atoms with Gasteiger partial charge in [0, 0.05) is 223 Å². The first kappa shape index (κ1) is 98.3. The van der Waals surface area contributed by atoms with Gasteiger partial charge in [-0.3, -0.25) is 0 Å². The van der Waals surface area contributed by atoms with Gasteiger partial charge in [-0.2, -0.15) is 0 Å². The van der Waals surface area contributed by atoms with Crippen molar-refractivity contribution in [3.05, 3.63) is 49.6 Å². The molecule has 0 aromatic carbocycles. The van der Waals surface area contributed by atoms with Crippen LogP contribution in [0.3, 0.4) is 0 Å². The first-order chi connectivity index (χ1) is 15.5. The van der Waals surface area contributed by atoms with Crippen LogP contribution in [-0.4, -0.2) is 70.7 Å². The molecular formula is C23H42B3N2V3W10Y-4. The average Bonchev–Trinajstić information content (AvgIpc) is 2.86. The molecule has 7 radical (unpaired) electrons. The maximum absolute atomic E-state index is 5.63. The van der Waals surface area contributed by atoms with Gasteiger partial charge in [-0.05, 0) is 26.2 Å². The van der Waals surface area contributed by atoms with E-state index in [-0.39, 0.29) is 215 Å². The number of likely N-dealkylation sites (N-methyl/N-ethyl adjacent to an activating group) is 2. The number of hydrogen-bond donors (Lipinski definition) is 0. The van der Waals surface area contributed by atoms with Crippen LogP contribution in [0.5, 0.6) is 0 Å². The molecule has 2 nitrogen and oxygen atoms in total. The molecule has 0 fully saturated rings. The molecule has 0 amide bonds. The second kappa shape index (κ2) is 104. The average molecular weight is 2460 g/mol. The Labute approximate surface area is 450 Å². The Morgan fingerprint density at radius 1 is 0.667 bits per heavy atom. The summed E-state index contributed by atoms with van der Waals surface area (Å²) in [5.74, 6) is 0. The largest absolute Gasteiger partial charge is 0 e. The van der Waals surface area contributed by atoms with E-state index in [2.05, 4.69) is 70.8 Å². The maximum Gasteiger partial charge on any atom is 0 e. The third-order valence-electron chi connectivity index (χ3n) is 4.13. The van der Waals surface area contributed by atoms with Crippen LogP contribution < -0.4 is 0 Å². The van der Waals surface area contributed by atoms with Crippen LogP contribution >= 0.6 is 0 Å². The van der Waals surface area contributed by atoms with Crippen LogP contribution in [0.4, 0.5) is 0 Å². The first-order valence-electron chi connectivity index (χ1n) is 11.1. The number of allylic oxidation sites excluding steroid dienone is 4. The summed E-state index contributed by atoms with van der Waals surface area (Å²) in [5, 5.41) is 0. The van der Waals surface area contributed by atoms with Crippen molar-refractivity contribution in [1.29, 1.82) is 0 Å². The molecule has 19 heteroatoms. The van der Waals surface area contributed by atoms with Crippen molar-refractivity contribution in [1.82, 2.24) is 9.80 Å². The minimum Gasteiger partial charge on any atom is 0 e. The molecule has 0 unspecified atom stereocenters. The van der Waals surface area contributed by atoms with Crippen molar-refractivity contribution >= 4 is 21.6 Å². The topological polar surface area (TPSA) is 6.48 Å². The molecular weight excluding hydrogens is 2420 g/mol. The minimum absolute atomic E-state index is 0. The van der Waals surface area contributed by atoms with E-state index >= 15 is 0 Å². The van der Waals surface area contributed by atoms with Gasteiger partial charge in [-0.1, -0.05) is 67.3 Å². The van der Waals surface area contributed by atoms with Crippen molar-refractivity contribution in [3.8, 4) is 0 Å². The Morgan fingerprint density at radius 2 is 0.929 bits per heavy atom. The smallest absolute Gasteiger partial charge is 0 e. The van der Waals surface area contributed by atoms with Crippen LogP contribution in [0.15, 0.2) is 24.3 Å². The van der Waals surface area contributed by atoms with Crippen molar-refractivity contribution in [2.45, 2.75) is 60.4 Å². The second-order valence-corrected chi connectivity index (χ2v) is 6.15. The van der Waals surface area contributed by atoms with E-state index in [1.807, 2.05) is 0 Å². The van der Waals surface area contributed by atoms with Gasteiger partial charge in [-0.15, -0.1) is 6.22 Å². The molecule has 0 heterocycles. The first-order valence-corrected chi connectivity index (χ1v) is 33.1. The predicted molar refractivity (Wildman–Crippen MR) is 132 cm³/mol. The summed E-state index contributed by atoms with van der Waals surface area (Å²) in [6, 6.07) is 0. The van der Waals surface area contributed by atoms with Crippen LogP contribution in [0.25, 0.3) is 0 Å². The summed E-state index contributed by atoms with van der Waals surface area (Å²) in [6.45, 7) is 29.5. The Kier molecular flexibility index (Phi) is 243. The van der Waals surface area contributed by atoms with Gasteiger partial charge < -0.3 is 59.4 Å². The summed E-state index contributed by atoms with van der Waals surface area (Å²) in [7, 11) is 7.86. The van der Waals surface area contributed by atoms with E-state index in [0.717, 1.165) is 58.1 Å². The number of hydrogen-bond acceptors (Lipinski definition) is 2. The van der Waals surface area contributed by atoms with E-state index in [9.17, 15) is 0 Å². The van der Waals surface area contributed by atoms with Gasteiger partial charge >= 0.3 is 64.9 Å². The Balaban J connectivity index is -0.0000000170. The van der Waals surface area contributed by atoms with Crippen LogP contribution in [0.2, 0.25) is 18.9 Å². The van der Waals surface area contributed by atoms with E-state index in [4.69, 9.17) is 20.9 Å². The molecule has 0 aliphatic carbocycles. The molecule has 0 aromatic heterocycles. The fourth-order valence-electron chi connectivity index (χ4n) is 1.94. The Bertz CT molecular complexity index is 413. The van der Waals surface area contributed by atoms with Crippen molar-refractivity contribution in [3.63, 3.8) is 0 Å². The van der Waals surface area contributed by atoms with Crippen LogP contribution in [0.1, 0.15) is 41.5 Å². The SMILES string of the molecule is [B]B(CC)C[B]CC.[CH-]=CC=[C-]CN(CC)CC.[CH-]=CC=[C-]CN(CC)CC.[V].[V].[V].[W].[W].[W].[W].[W].[W].[W]=[W].[W]=[W].[Y]. The summed E-state index contributed by atoms with van der Waals surface area (Å²) in [4.78, 5) is 4.53. The molecule has 0 atom stereocenters. The van der Waals surface area contributed by atoms with E-state index in [1.54, 1.807) is 77.0 Å². The molecule has 0 aromatic rings. The zero-order valence-corrected chi connectivity index (χ0v) is 61.8. The summed E-state index contributed by atoms with van der Waals surface area (Å²) in [6.07, 6.45) is 15.9. The molecule has 0 saturated carbocycles. The monoisotopic (exact) mass is 2460 g/mol. The van der Waals surface area contributed by atoms with Crippen LogP contribution in [-0.2, 0) is 280 Å². The Morgan fingerprint density at radius 3 is 1.10 bits per heavy atom. The van der Waals surface area contributed by atoms with E-state index in [0.29, 0.717) is 6.60 Å². The van der Waals surface area contributed by atoms with E-state index in [1.165, 1.54) is 12.2 Å². The fraction of sp³-hybridized carbons (Fsp3) is 0.652. The summed E-state index contributed by atoms with van der Waals surface area (Å²) >= 11 is 6.67. The maximum atomic E-state index is 5.63. The predicted octanol–water partition coefficient (Wildman–Crippen LogP) is 4.58. The zero-order chi connectivity index (χ0) is 26.0. The minimum atomic E-state index is 0. The van der Waals surface area contributed by atoms with Gasteiger partial charge in [-0.25, -0.2) is 0 Å². The standard InChI is InChI=1S/2C9H15N.C5H12B3.3V.10W.Y/c2*1-4-7-8-9-10(5-2)6-3;1-3-7-5-8(6)4-2;;;;;;;;;;;;;;/h2*1,4,7H,5-6,9H2,2-3H3;3-5H2,1-2H3;;;;;;;;;;;;;;/q2*-2;;;;;;;;;;;;;;;.